The number of carbonyl (C=O) groups excluding carboxylic acids is 2. The Morgan fingerprint density at radius 2 is 2.05 bits per heavy atom. The summed E-state index contributed by atoms with van der Waals surface area (Å²) in [6.07, 6.45) is 1.31. The first-order chi connectivity index (χ1) is 10.4. The van der Waals surface area contributed by atoms with Crippen molar-refractivity contribution in [3.05, 3.63) is 39.8 Å². The fraction of sp³-hybridized carbons (Fsp3) is 0.333. The monoisotopic (exact) mass is 302 g/mol. The van der Waals surface area contributed by atoms with Gasteiger partial charge in [-0.05, 0) is 32.9 Å². The molecule has 0 saturated carbocycles. The first kappa shape index (κ1) is 15.7. The molecule has 0 aliphatic heterocycles. The number of nitrogens with one attached hydrogen (secondary N) is 3. The van der Waals surface area contributed by atoms with E-state index in [0.29, 0.717) is 11.0 Å². The summed E-state index contributed by atoms with van der Waals surface area (Å²) in [5.41, 5.74) is 0.739. The zero-order valence-electron chi connectivity index (χ0n) is 12.7. The molecule has 0 saturated heterocycles. The number of amides is 2. The van der Waals surface area contributed by atoms with Gasteiger partial charge in [0, 0.05) is 17.9 Å². The topological polar surface area (TPSA) is 104 Å². The van der Waals surface area contributed by atoms with Crippen LogP contribution in [0.1, 0.15) is 29.9 Å². The third-order valence-corrected chi connectivity index (χ3v) is 2.98. The summed E-state index contributed by atoms with van der Waals surface area (Å²) >= 11 is 0. The molecule has 0 fully saturated rings. The number of carbonyl (C=O) groups is 2. The van der Waals surface area contributed by atoms with Gasteiger partial charge in [0.25, 0.3) is 5.91 Å². The summed E-state index contributed by atoms with van der Waals surface area (Å²) in [6.45, 7) is 5.28. The van der Waals surface area contributed by atoms with Crippen LogP contribution in [0.3, 0.4) is 0 Å². The summed E-state index contributed by atoms with van der Waals surface area (Å²) < 4.78 is 0. The van der Waals surface area contributed by atoms with Gasteiger partial charge in [0.2, 0.25) is 11.3 Å². The highest BCUT2D eigenvalue weighted by Crippen LogP contribution is 2.06. The Kier molecular flexibility index (Phi) is 4.55. The maximum atomic E-state index is 12.3. The van der Waals surface area contributed by atoms with Crippen LogP contribution >= 0.6 is 0 Å². The van der Waals surface area contributed by atoms with Gasteiger partial charge >= 0.3 is 0 Å². The van der Waals surface area contributed by atoms with Crippen LogP contribution in [-0.4, -0.2) is 34.4 Å². The molecule has 7 heteroatoms. The first-order valence-corrected chi connectivity index (χ1v) is 6.95. The lowest BCUT2D eigenvalue weighted by atomic mass is 10.2. The Bertz CT molecular complexity index is 780. The summed E-state index contributed by atoms with van der Waals surface area (Å²) in [5, 5.41) is 5.42. The molecule has 0 radical (unpaired) electrons. The minimum absolute atomic E-state index is 0.0113. The standard InChI is InChI=1S/C15H18N4O3/c1-8(2)18-12(20)7-17-15(22)11-6-16-14-10(13(11)21)5-4-9(3)19-14/h4-6,8H,7H2,1-3H3,(H,17,22)(H,18,20)(H,16,19,21). The van der Waals surface area contributed by atoms with Crippen molar-refractivity contribution >= 4 is 22.8 Å². The molecule has 0 aliphatic carbocycles. The van der Waals surface area contributed by atoms with Crippen LogP contribution in [0.4, 0.5) is 0 Å². The van der Waals surface area contributed by atoms with E-state index in [-0.39, 0.29) is 24.1 Å². The number of pyridine rings is 2. The quantitative estimate of drug-likeness (QED) is 0.764. The van der Waals surface area contributed by atoms with E-state index in [0.717, 1.165) is 5.69 Å². The molecule has 2 amide bonds. The summed E-state index contributed by atoms with van der Waals surface area (Å²) in [4.78, 5) is 42.8. The van der Waals surface area contributed by atoms with Crippen LogP contribution in [0.2, 0.25) is 0 Å². The summed E-state index contributed by atoms with van der Waals surface area (Å²) in [5.74, 6) is -0.902. The number of fused-ring (bicyclic) bond motifs is 1. The van der Waals surface area contributed by atoms with Crippen molar-refractivity contribution in [2.45, 2.75) is 26.8 Å². The Hall–Kier alpha value is -2.70. The van der Waals surface area contributed by atoms with Gasteiger partial charge in [0.05, 0.1) is 11.9 Å². The molecule has 116 valence electrons. The van der Waals surface area contributed by atoms with Crippen molar-refractivity contribution in [1.29, 1.82) is 0 Å². The Morgan fingerprint density at radius 3 is 2.73 bits per heavy atom. The molecule has 2 heterocycles. The van der Waals surface area contributed by atoms with Crippen molar-refractivity contribution in [2.75, 3.05) is 6.54 Å². The van der Waals surface area contributed by atoms with Crippen LogP contribution in [-0.2, 0) is 4.79 Å². The van der Waals surface area contributed by atoms with E-state index in [4.69, 9.17) is 0 Å². The second-order valence-electron chi connectivity index (χ2n) is 5.29. The second-order valence-corrected chi connectivity index (χ2v) is 5.29. The Balaban J connectivity index is 2.19. The first-order valence-electron chi connectivity index (χ1n) is 6.95. The minimum Gasteiger partial charge on any atom is -0.352 e. The van der Waals surface area contributed by atoms with E-state index in [1.165, 1.54) is 6.20 Å². The highest BCUT2D eigenvalue weighted by molar-refractivity contribution is 5.98. The van der Waals surface area contributed by atoms with E-state index in [9.17, 15) is 14.4 Å². The molecular formula is C15H18N4O3. The third kappa shape index (κ3) is 3.49. The number of aryl methyl sites for hydroxylation is 1. The molecular weight excluding hydrogens is 284 g/mol. The largest absolute Gasteiger partial charge is 0.352 e. The normalized spacial score (nSPS) is 10.7. The van der Waals surface area contributed by atoms with Gasteiger partial charge in [-0.2, -0.15) is 0 Å². The van der Waals surface area contributed by atoms with Gasteiger partial charge in [-0.3, -0.25) is 14.4 Å². The Labute approximate surface area is 127 Å². The summed E-state index contributed by atoms with van der Waals surface area (Å²) in [7, 11) is 0. The average Bonchev–Trinajstić information content (AvgIpc) is 2.44. The predicted molar refractivity (Wildman–Crippen MR) is 82.7 cm³/mol. The van der Waals surface area contributed by atoms with Crippen LogP contribution in [0.5, 0.6) is 0 Å². The fourth-order valence-corrected chi connectivity index (χ4v) is 2.00. The van der Waals surface area contributed by atoms with Crippen LogP contribution in [0.25, 0.3) is 11.0 Å². The molecule has 0 unspecified atom stereocenters. The number of nitrogens with zero attached hydrogens (tertiary/aromatic N) is 1. The highest BCUT2D eigenvalue weighted by Gasteiger charge is 2.14. The highest BCUT2D eigenvalue weighted by atomic mass is 16.2. The molecule has 0 bridgehead atoms. The number of H-pyrrole nitrogens is 1. The van der Waals surface area contributed by atoms with Crippen molar-refractivity contribution in [3.8, 4) is 0 Å². The lowest BCUT2D eigenvalue weighted by molar-refractivity contribution is -0.120. The van der Waals surface area contributed by atoms with E-state index in [1.807, 2.05) is 20.8 Å². The predicted octanol–water partition coefficient (Wildman–Crippen LogP) is 0.486. The van der Waals surface area contributed by atoms with Crippen LogP contribution < -0.4 is 16.1 Å². The van der Waals surface area contributed by atoms with Gasteiger partial charge in [0.15, 0.2) is 0 Å². The van der Waals surface area contributed by atoms with Gasteiger partial charge in [-0.1, -0.05) is 0 Å². The zero-order valence-corrected chi connectivity index (χ0v) is 12.7. The molecule has 7 nitrogen and oxygen atoms in total. The molecule has 22 heavy (non-hydrogen) atoms. The average molecular weight is 302 g/mol. The molecule has 2 aromatic heterocycles. The SMILES string of the molecule is Cc1ccc2c(=O)c(C(=O)NCC(=O)NC(C)C)c[nH]c2n1. The van der Waals surface area contributed by atoms with E-state index < -0.39 is 11.3 Å². The smallest absolute Gasteiger partial charge is 0.257 e. The van der Waals surface area contributed by atoms with Gasteiger partial charge < -0.3 is 15.6 Å². The number of hydrogen-bond donors (Lipinski definition) is 3. The molecule has 0 spiro atoms. The van der Waals surface area contributed by atoms with Crippen molar-refractivity contribution in [2.24, 2.45) is 0 Å². The second kappa shape index (κ2) is 6.38. The molecule has 0 aliphatic rings. The molecule has 0 atom stereocenters. The third-order valence-electron chi connectivity index (χ3n) is 2.98. The van der Waals surface area contributed by atoms with Crippen LogP contribution in [0.15, 0.2) is 23.1 Å². The zero-order chi connectivity index (χ0) is 16.3. The number of aromatic amines is 1. The molecule has 3 N–H and O–H groups in total. The van der Waals surface area contributed by atoms with Gasteiger partial charge in [-0.25, -0.2) is 4.98 Å². The minimum atomic E-state index is -0.595. The molecule has 2 aromatic rings. The van der Waals surface area contributed by atoms with E-state index in [2.05, 4.69) is 20.6 Å². The van der Waals surface area contributed by atoms with Gasteiger partial charge in [0.1, 0.15) is 11.2 Å². The van der Waals surface area contributed by atoms with Crippen molar-refractivity contribution in [3.63, 3.8) is 0 Å². The van der Waals surface area contributed by atoms with Crippen molar-refractivity contribution in [1.82, 2.24) is 20.6 Å². The van der Waals surface area contributed by atoms with Crippen molar-refractivity contribution < 1.29 is 9.59 Å². The van der Waals surface area contributed by atoms with Crippen LogP contribution in [0, 0.1) is 6.92 Å². The number of aromatic nitrogens is 2. The molecule has 2 rings (SSSR count). The summed E-state index contributed by atoms with van der Waals surface area (Å²) in [6, 6.07) is 3.32. The molecule has 0 aromatic carbocycles. The van der Waals surface area contributed by atoms with E-state index >= 15 is 0 Å². The Morgan fingerprint density at radius 1 is 1.32 bits per heavy atom. The lowest BCUT2D eigenvalue weighted by Crippen LogP contribution is -2.40. The maximum Gasteiger partial charge on any atom is 0.257 e. The number of hydrogen-bond acceptors (Lipinski definition) is 4. The lowest BCUT2D eigenvalue weighted by Gasteiger charge is -2.09. The maximum absolute atomic E-state index is 12.3. The number of rotatable bonds is 4. The fourth-order valence-electron chi connectivity index (χ4n) is 2.00. The van der Waals surface area contributed by atoms with Gasteiger partial charge in [-0.15, -0.1) is 0 Å². The van der Waals surface area contributed by atoms with E-state index in [1.54, 1.807) is 12.1 Å².